The Kier molecular flexibility index (Phi) is 5.63. The molecule has 0 saturated carbocycles. The van der Waals surface area contributed by atoms with Crippen molar-refractivity contribution in [1.29, 1.82) is 5.26 Å². The average Bonchev–Trinajstić information content (AvgIpc) is 2.94. The lowest BCUT2D eigenvalue weighted by Gasteiger charge is -2.35. The highest BCUT2D eigenvalue weighted by molar-refractivity contribution is 7.73. The molecule has 25 heavy (non-hydrogen) atoms. The fraction of sp³-hybridized carbons (Fsp3) is 0.500. The van der Waals surface area contributed by atoms with Crippen molar-refractivity contribution in [2.45, 2.75) is 26.6 Å². The molecule has 1 aliphatic heterocycles. The first-order chi connectivity index (χ1) is 12.0. The smallest absolute Gasteiger partial charge is 0.293 e. The molecule has 3 rings (SSSR count). The van der Waals surface area contributed by atoms with Gasteiger partial charge in [-0.1, -0.05) is 0 Å². The summed E-state index contributed by atoms with van der Waals surface area (Å²) in [4.78, 5) is 8.88. The zero-order valence-corrected chi connectivity index (χ0v) is 15.9. The summed E-state index contributed by atoms with van der Waals surface area (Å²) in [6.07, 6.45) is 1.78. The number of piperazine rings is 1. The fourth-order valence-corrected chi connectivity index (χ4v) is 3.64. The van der Waals surface area contributed by atoms with Crippen LogP contribution in [0.2, 0.25) is 0 Å². The molecule has 9 heteroatoms. The number of aromatic nitrogens is 3. The zero-order chi connectivity index (χ0) is 17.8. The third kappa shape index (κ3) is 4.54. The molecule has 0 radical (unpaired) electrons. The summed E-state index contributed by atoms with van der Waals surface area (Å²) in [6.45, 7) is 8.10. The van der Waals surface area contributed by atoms with Gasteiger partial charge in [0, 0.05) is 32.4 Å². The Balaban J connectivity index is 1.58. The molecule has 0 bridgehead atoms. The molecule has 1 fully saturated rings. The minimum Gasteiger partial charge on any atom is -0.466 e. The van der Waals surface area contributed by atoms with Crippen LogP contribution in [0.5, 0.6) is 5.19 Å². The molecular formula is C16H20N6OS2. The molecule has 1 saturated heterocycles. The number of anilines is 1. The number of nitriles is 1. The van der Waals surface area contributed by atoms with Crippen LogP contribution in [0, 0.1) is 15.3 Å². The Morgan fingerprint density at radius 1 is 1.36 bits per heavy atom. The minimum absolute atomic E-state index is 0.0919. The average molecular weight is 377 g/mol. The molecular weight excluding hydrogens is 356 g/mol. The van der Waals surface area contributed by atoms with Gasteiger partial charge < -0.3 is 9.64 Å². The molecule has 1 aliphatic rings. The van der Waals surface area contributed by atoms with E-state index in [2.05, 4.69) is 26.0 Å². The summed E-state index contributed by atoms with van der Waals surface area (Å²) in [7, 11) is 0. The molecule has 0 unspecified atom stereocenters. The molecule has 0 N–H and O–H groups in total. The molecule has 2 aromatic rings. The van der Waals surface area contributed by atoms with Crippen molar-refractivity contribution in [2.75, 3.05) is 31.1 Å². The quantitative estimate of drug-likeness (QED) is 0.743. The van der Waals surface area contributed by atoms with Gasteiger partial charge in [0.05, 0.1) is 24.4 Å². The van der Waals surface area contributed by atoms with E-state index in [-0.39, 0.29) is 6.10 Å². The Hall–Kier alpha value is -2.02. The van der Waals surface area contributed by atoms with Gasteiger partial charge in [-0.25, -0.2) is 9.67 Å². The molecule has 7 nitrogen and oxygen atoms in total. The maximum atomic E-state index is 9.02. The first-order valence-corrected chi connectivity index (χ1v) is 9.35. The standard InChI is InChI=1S/C16H20N6OS2/c1-12(2)23-15-19-22(16(24)25-15)11-20-5-7-21(8-6-20)14-9-13(10-17)3-4-18-14/h3-4,9,12H,5-8,11H2,1-2H3. The number of nitrogens with zero attached hydrogens (tertiary/aromatic N) is 6. The van der Waals surface area contributed by atoms with Gasteiger partial charge in [0.2, 0.25) is 0 Å². The van der Waals surface area contributed by atoms with Gasteiger partial charge in [0.1, 0.15) is 5.82 Å². The lowest BCUT2D eigenvalue weighted by atomic mass is 10.2. The number of ether oxygens (including phenoxy) is 1. The summed E-state index contributed by atoms with van der Waals surface area (Å²) in [5, 5.41) is 14.1. The van der Waals surface area contributed by atoms with Crippen LogP contribution >= 0.6 is 23.6 Å². The summed E-state index contributed by atoms with van der Waals surface area (Å²) in [5.41, 5.74) is 0.638. The van der Waals surface area contributed by atoms with E-state index < -0.39 is 0 Å². The van der Waals surface area contributed by atoms with Gasteiger partial charge in [-0.2, -0.15) is 5.26 Å². The molecule has 0 aliphatic carbocycles. The van der Waals surface area contributed by atoms with Gasteiger partial charge in [-0.05, 0) is 49.5 Å². The number of rotatable bonds is 5. The minimum atomic E-state index is 0.0919. The maximum absolute atomic E-state index is 9.02. The number of hydrogen-bond donors (Lipinski definition) is 0. The van der Waals surface area contributed by atoms with E-state index in [0.717, 1.165) is 36.0 Å². The molecule has 2 aromatic heterocycles. The predicted molar refractivity (Wildman–Crippen MR) is 99.4 cm³/mol. The van der Waals surface area contributed by atoms with E-state index in [1.54, 1.807) is 12.3 Å². The number of hydrogen-bond acceptors (Lipinski definition) is 8. The topological polar surface area (TPSA) is 70.2 Å². The van der Waals surface area contributed by atoms with Crippen LogP contribution in [0.4, 0.5) is 5.82 Å². The second-order valence-corrected chi connectivity index (χ2v) is 7.65. The Bertz CT molecular complexity index is 817. The Morgan fingerprint density at radius 3 is 2.80 bits per heavy atom. The van der Waals surface area contributed by atoms with E-state index >= 15 is 0 Å². The van der Waals surface area contributed by atoms with E-state index in [4.69, 9.17) is 22.2 Å². The normalized spacial score (nSPS) is 15.4. The monoisotopic (exact) mass is 376 g/mol. The molecule has 0 aromatic carbocycles. The highest BCUT2D eigenvalue weighted by Gasteiger charge is 2.19. The molecule has 0 spiro atoms. The van der Waals surface area contributed by atoms with Crippen LogP contribution in [0.25, 0.3) is 0 Å². The predicted octanol–water partition coefficient (Wildman–Crippen LogP) is 2.51. The van der Waals surface area contributed by atoms with E-state index in [1.165, 1.54) is 11.3 Å². The van der Waals surface area contributed by atoms with Gasteiger partial charge in [-0.15, -0.1) is 5.10 Å². The van der Waals surface area contributed by atoms with E-state index in [0.29, 0.717) is 17.4 Å². The first-order valence-electron chi connectivity index (χ1n) is 8.13. The van der Waals surface area contributed by atoms with Crippen LogP contribution in [0.1, 0.15) is 19.4 Å². The van der Waals surface area contributed by atoms with Crippen LogP contribution in [-0.4, -0.2) is 51.9 Å². The van der Waals surface area contributed by atoms with Crippen molar-refractivity contribution < 1.29 is 4.74 Å². The van der Waals surface area contributed by atoms with Gasteiger partial charge in [-0.3, -0.25) is 4.90 Å². The molecule has 0 amide bonds. The second kappa shape index (κ2) is 7.91. The summed E-state index contributed by atoms with van der Waals surface area (Å²) < 4.78 is 8.17. The van der Waals surface area contributed by atoms with Crippen molar-refractivity contribution in [3.05, 3.63) is 27.8 Å². The van der Waals surface area contributed by atoms with Crippen molar-refractivity contribution in [3.8, 4) is 11.3 Å². The van der Waals surface area contributed by atoms with E-state index in [1.807, 2.05) is 24.6 Å². The molecule has 132 valence electrons. The summed E-state index contributed by atoms with van der Waals surface area (Å²) >= 11 is 6.78. The van der Waals surface area contributed by atoms with Crippen molar-refractivity contribution in [3.63, 3.8) is 0 Å². The van der Waals surface area contributed by atoms with Crippen molar-refractivity contribution >= 4 is 29.4 Å². The number of pyridine rings is 1. The van der Waals surface area contributed by atoms with Gasteiger partial charge in [0.25, 0.3) is 5.19 Å². The second-order valence-electron chi connectivity index (χ2n) is 6.06. The zero-order valence-electron chi connectivity index (χ0n) is 14.3. The highest BCUT2D eigenvalue weighted by Crippen LogP contribution is 2.20. The van der Waals surface area contributed by atoms with Crippen molar-refractivity contribution in [1.82, 2.24) is 19.7 Å². The Labute approximate surface area is 156 Å². The SMILES string of the molecule is CC(C)Oc1nn(CN2CCN(c3cc(C#N)ccn3)CC2)c(=S)s1. The molecule has 0 atom stereocenters. The van der Waals surface area contributed by atoms with Crippen LogP contribution in [0.3, 0.4) is 0 Å². The van der Waals surface area contributed by atoms with Gasteiger partial charge in [0.15, 0.2) is 3.95 Å². The fourth-order valence-electron chi connectivity index (χ4n) is 2.59. The lowest BCUT2D eigenvalue weighted by molar-refractivity contribution is 0.187. The third-order valence-electron chi connectivity index (χ3n) is 3.83. The van der Waals surface area contributed by atoms with E-state index in [9.17, 15) is 0 Å². The highest BCUT2D eigenvalue weighted by atomic mass is 32.1. The Morgan fingerprint density at radius 2 is 2.12 bits per heavy atom. The van der Waals surface area contributed by atoms with Crippen LogP contribution in [0.15, 0.2) is 18.3 Å². The van der Waals surface area contributed by atoms with Gasteiger partial charge >= 0.3 is 0 Å². The maximum Gasteiger partial charge on any atom is 0.293 e. The lowest BCUT2D eigenvalue weighted by Crippen LogP contribution is -2.47. The summed E-state index contributed by atoms with van der Waals surface area (Å²) in [6, 6.07) is 5.72. The van der Waals surface area contributed by atoms with Crippen molar-refractivity contribution in [2.24, 2.45) is 0 Å². The third-order valence-corrected chi connectivity index (χ3v) is 5.03. The van der Waals surface area contributed by atoms with Crippen LogP contribution < -0.4 is 9.64 Å². The summed E-state index contributed by atoms with van der Waals surface area (Å²) in [5.74, 6) is 0.858. The first kappa shape index (κ1) is 17.8. The largest absolute Gasteiger partial charge is 0.466 e. The van der Waals surface area contributed by atoms with Crippen LogP contribution in [-0.2, 0) is 6.67 Å². The molecule has 3 heterocycles.